The molecule has 2 aliphatic rings. The Balaban J connectivity index is 1.48. The molecule has 4 unspecified atom stereocenters. The number of alkyl halides is 3. The molecule has 0 spiro atoms. The van der Waals surface area contributed by atoms with Gasteiger partial charge in [0.1, 0.15) is 5.56 Å². The van der Waals surface area contributed by atoms with Crippen LogP contribution in [-0.2, 0) is 4.74 Å². The Morgan fingerprint density at radius 1 is 1.29 bits per heavy atom. The number of aromatic nitrogens is 2. The molecule has 0 bridgehead atoms. The lowest BCUT2D eigenvalue weighted by Gasteiger charge is -2.32. The average molecular weight is 477 g/mol. The van der Waals surface area contributed by atoms with Crippen molar-refractivity contribution in [2.24, 2.45) is 17.6 Å². The Morgan fingerprint density at radius 3 is 2.59 bits per heavy atom. The number of nitrogens with one attached hydrogen (secondary N) is 1. The number of anilines is 2. The van der Waals surface area contributed by atoms with Crippen LogP contribution in [0.25, 0.3) is 0 Å². The van der Waals surface area contributed by atoms with Gasteiger partial charge < -0.3 is 20.9 Å². The quantitative estimate of drug-likeness (QED) is 0.528. The van der Waals surface area contributed by atoms with Crippen molar-refractivity contribution in [1.82, 2.24) is 9.78 Å². The summed E-state index contributed by atoms with van der Waals surface area (Å²) < 4.78 is 45.7. The van der Waals surface area contributed by atoms with Crippen LogP contribution in [-0.4, -0.2) is 39.7 Å². The van der Waals surface area contributed by atoms with Gasteiger partial charge in [-0.25, -0.2) is 0 Å². The van der Waals surface area contributed by atoms with Gasteiger partial charge in [0.25, 0.3) is 5.91 Å². The van der Waals surface area contributed by atoms with Crippen LogP contribution >= 0.6 is 0 Å². The number of amides is 1. The number of aliphatic hydroxyl groups is 1. The van der Waals surface area contributed by atoms with Crippen molar-refractivity contribution in [2.75, 3.05) is 11.9 Å². The van der Waals surface area contributed by atoms with Gasteiger partial charge in [0.2, 0.25) is 0 Å². The van der Waals surface area contributed by atoms with E-state index in [4.69, 9.17) is 10.5 Å². The first-order chi connectivity index (χ1) is 16.2. The molecule has 4 N–H and O–H groups in total. The maximum Gasteiger partial charge on any atom is 0.418 e. The van der Waals surface area contributed by atoms with E-state index in [1.165, 1.54) is 31.2 Å². The molecule has 2 saturated carbocycles. The molecule has 2 aromatic rings. The van der Waals surface area contributed by atoms with Crippen LogP contribution in [0.5, 0.6) is 0 Å². The number of hydrogen-bond acceptors (Lipinski definition) is 6. The van der Waals surface area contributed by atoms with E-state index in [9.17, 15) is 28.3 Å². The smallest absolute Gasteiger partial charge is 0.379 e. The van der Waals surface area contributed by atoms with Gasteiger partial charge in [0.05, 0.1) is 24.1 Å². The zero-order chi connectivity index (χ0) is 24.5. The predicted molar refractivity (Wildman–Crippen MR) is 116 cm³/mol. The number of nitrogens with two attached hydrogens (primary N) is 1. The van der Waals surface area contributed by atoms with E-state index in [1.807, 2.05) is 0 Å². The zero-order valence-corrected chi connectivity index (χ0v) is 18.3. The number of rotatable bonds is 8. The molecule has 1 amide bonds. The third-order valence-electron chi connectivity index (χ3n) is 6.33. The molecule has 4 rings (SSSR count). The van der Waals surface area contributed by atoms with Gasteiger partial charge in [-0.05, 0) is 55.7 Å². The molecule has 0 aliphatic heterocycles. The first-order valence-corrected chi connectivity index (χ1v) is 11.2. The van der Waals surface area contributed by atoms with Crippen molar-refractivity contribution in [3.8, 4) is 6.07 Å². The average Bonchev–Trinajstić information content (AvgIpc) is 3.55. The van der Waals surface area contributed by atoms with Crippen LogP contribution < -0.4 is 11.1 Å². The summed E-state index contributed by atoms with van der Waals surface area (Å²) in [5.41, 5.74) is 5.66. The fraction of sp³-hybridized carbons (Fsp3) is 0.522. The lowest BCUT2D eigenvalue weighted by molar-refractivity contribution is -0.206. The minimum absolute atomic E-state index is 0.0239. The highest BCUT2D eigenvalue weighted by atomic mass is 19.4. The summed E-state index contributed by atoms with van der Waals surface area (Å²) in [5, 5.41) is 26.4. The molecule has 4 atom stereocenters. The first kappa shape index (κ1) is 24.0. The maximum absolute atomic E-state index is 12.7. The molecule has 34 heavy (non-hydrogen) atoms. The summed E-state index contributed by atoms with van der Waals surface area (Å²) in [6, 6.07) is 7.02. The number of primary amides is 1. The Morgan fingerprint density at radius 2 is 2.00 bits per heavy atom. The number of hydrogen-bond donors (Lipinski definition) is 3. The van der Waals surface area contributed by atoms with Gasteiger partial charge >= 0.3 is 6.18 Å². The Bertz CT molecular complexity index is 1060. The van der Waals surface area contributed by atoms with E-state index in [2.05, 4.69) is 16.5 Å². The number of benzene rings is 1. The highest BCUT2D eigenvalue weighted by Crippen LogP contribution is 2.38. The summed E-state index contributed by atoms with van der Waals surface area (Å²) in [4.78, 5) is 12.0. The van der Waals surface area contributed by atoms with Crippen molar-refractivity contribution >= 4 is 17.4 Å². The summed E-state index contributed by atoms with van der Waals surface area (Å²) in [6.45, 7) is 0.730. The van der Waals surface area contributed by atoms with E-state index < -0.39 is 18.2 Å². The molecule has 182 valence electrons. The Labute approximate surface area is 194 Å². The Hall–Kier alpha value is -3.10. The topological polar surface area (TPSA) is 126 Å². The second-order valence-electron chi connectivity index (χ2n) is 8.94. The van der Waals surface area contributed by atoms with Gasteiger partial charge in [-0.1, -0.05) is 12.1 Å². The standard InChI is InChI=1S/C23H26F3N5O3/c24-23(25,26)20(32)14-3-5-16(6-4-14)29-22-18(21(28)33)11-31(30-22)19-8-7-17(9-15(19)10-27)34-12-13-1-2-13/h3-6,11,13,15,17,19-20,32H,1-2,7-9,12H2,(H2,28,33)(H,29,30). The molecule has 1 aromatic carbocycles. The van der Waals surface area contributed by atoms with E-state index >= 15 is 0 Å². The molecule has 2 fully saturated rings. The van der Waals surface area contributed by atoms with Gasteiger partial charge in [-0.3, -0.25) is 9.48 Å². The van der Waals surface area contributed by atoms with Crippen molar-refractivity contribution < 1.29 is 27.8 Å². The van der Waals surface area contributed by atoms with Crippen molar-refractivity contribution in [2.45, 2.75) is 56.5 Å². The molecule has 0 saturated heterocycles. The molecule has 8 nitrogen and oxygen atoms in total. The van der Waals surface area contributed by atoms with E-state index in [0.29, 0.717) is 24.4 Å². The predicted octanol–water partition coefficient (Wildman–Crippen LogP) is 3.98. The Kier molecular flexibility index (Phi) is 6.81. The number of carbonyl (C=O) groups is 1. The monoisotopic (exact) mass is 477 g/mol. The van der Waals surface area contributed by atoms with Gasteiger partial charge in [0, 0.05) is 18.5 Å². The number of carbonyl (C=O) groups excluding carboxylic acids is 1. The normalized spacial score (nSPS) is 23.8. The van der Waals surface area contributed by atoms with Crippen LogP contribution in [0.2, 0.25) is 0 Å². The summed E-state index contributed by atoms with van der Waals surface area (Å²) in [7, 11) is 0. The summed E-state index contributed by atoms with van der Waals surface area (Å²) in [6.07, 6.45) is -1.46. The van der Waals surface area contributed by atoms with Gasteiger partial charge in [0.15, 0.2) is 11.9 Å². The summed E-state index contributed by atoms with van der Waals surface area (Å²) >= 11 is 0. The molecule has 0 radical (unpaired) electrons. The van der Waals surface area contributed by atoms with Crippen LogP contribution in [0.1, 0.15) is 60.2 Å². The fourth-order valence-corrected chi connectivity index (χ4v) is 4.19. The molecular formula is C23H26F3N5O3. The van der Waals surface area contributed by atoms with E-state index in [-0.39, 0.29) is 35.0 Å². The lowest BCUT2D eigenvalue weighted by atomic mass is 9.83. The number of halogens is 3. The van der Waals surface area contributed by atoms with Gasteiger partial charge in [-0.2, -0.15) is 23.5 Å². The largest absolute Gasteiger partial charge is 0.418 e. The molecule has 11 heteroatoms. The van der Waals surface area contributed by atoms with Crippen LogP contribution in [0.4, 0.5) is 24.7 Å². The number of nitrogens with zero attached hydrogens (tertiary/aromatic N) is 3. The van der Waals surface area contributed by atoms with Gasteiger partial charge in [-0.15, -0.1) is 0 Å². The third-order valence-corrected chi connectivity index (χ3v) is 6.33. The van der Waals surface area contributed by atoms with Crippen molar-refractivity contribution in [1.29, 1.82) is 5.26 Å². The fourth-order valence-electron chi connectivity index (χ4n) is 4.19. The minimum Gasteiger partial charge on any atom is -0.379 e. The molecule has 1 aromatic heterocycles. The van der Waals surface area contributed by atoms with Crippen LogP contribution in [0.15, 0.2) is 30.5 Å². The second kappa shape index (κ2) is 9.64. The van der Waals surface area contributed by atoms with E-state index in [1.54, 1.807) is 4.68 Å². The zero-order valence-electron chi connectivity index (χ0n) is 18.3. The number of aliphatic hydroxyl groups excluding tert-OH is 1. The lowest BCUT2D eigenvalue weighted by Crippen LogP contribution is -2.31. The number of nitriles is 1. The highest BCUT2D eigenvalue weighted by molar-refractivity contribution is 5.98. The van der Waals surface area contributed by atoms with E-state index in [0.717, 1.165) is 25.2 Å². The molecule has 2 aliphatic carbocycles. The molecule has 1 heterocycles. The second-order valence-corrected chi connectivity index (χ2v) is 8.94. The molecular weight excluding hydrogens is 451 g/mol. The van der Waals surface area contributed by atoms with Crippen molar-refractivity contribution in [3.63, 3.8) is 0 Å². The van der Waals surface area contributed by atoms with Crippen LogP contribution in [0, 0.1) is 23.2 Å². The van der Waals surface area contributed by atoms with Crippen molar-refractivity contribution in [3.05, 3.63) is 41.6 Å². The van der Waals surface area contributed by atoms with Crippen LogP contribution in [0.3, 0.4) is 0 Å². The minimum atomic E-state index is -4.77. The SMILES string of the molecule is N#CC1CC(OCC2CC2)CCC1n1cc(C(N)=O)c(Nc2ccc(C(O)C(F)(F)F)cc2)n1. The maximum atomic E-state index is 12.7. The number of ether oxygens (including phenoxy) is 1. The summed E-state index contributed by atoms with van der Waals surface area (Å²) in [5.74, 6) is -0.301. The first-order valence-electron chi connectivity index (χ1n) is 11.2. The third kappa shape index (κ3) is 5.51. The highest BCUT2D eigenvalue weighted by Gasteiger charge is 2.39.